The first-order chi connectivity index (χ1) is 7.79. The summed E-state index contributed by atoms with van der Waals surface area (Å²) in [6, 6.07) is 10.6. The topological polar surface area (TPSA) is 17.1 Å². The summed E-state index contributed by atoms with van der Waals surface area (Å²) in [7, 11) is 0. The molecule has 86 valence electrons. The van der Waals surface area contributed by atoms with Crippen molar-refractivity contribution in [2.45, 2.75) is 44.9 Å². The average molecular weight is 216 g/mol. The minimum atomic E-state index is 0.255. The van der Waals surface area contributed by atoms with E-state index in [1.807, 2.05) is 6.07 Å². The fourth-order valence-electron chi connectivity index (χ4n) is 2.89. The van der Waals surface area contributed by atoms with Crippen molar-refractivity contribution in [2.24, 2.45) is 5.92 Å². The van der Waals surface area contributed by atoms with E-state index in [-0.39, 0.29) is 5.92 Å². The van der Waals surface area contributed by atoms with Crippen LogP contribution in [-0.4, -0.2) is 5.78 Å². The van der Waals surface area contributed by atoms with Gasteiger partial charge < -0.3 is 0 Å². The Morgan fingerprint density at radius 3 is 2.44 bits per heavy atom. The van der Waals surface area contributed by atoms with Gasteiger partial charge in [-0.2, -0.15) is 0 Å². The molecule has 1 aliphatic carbocycles. The van der Waals surface area contributed by atoms with Crippen LogP contribution in [0.2, 0.25) is 0 Å². The lowest BCUT2D eigenvalue weighted by molar-refractivity contribution is -0.121. The van der Waals surface area contributed by atoms with Crippen LogP contribution >= 0.6 is 0 Å². The van der Waals surface area contributed by atoms with Crippen molar-refractivity contribution in [1.29, 1.82) is 0 Å². The Hall–Kier alpha value is -1.11. The highest BCUT2D eigenvalue weighted by molar-refractivity contribution is 5.79. The number of carbonyl (C=O) groups is 1. The van der Waals surface area contributed by atoms with Crippen LogP contribution in [0.3, 0.4) is 0 Å². The van der Waals surface area contributed by atoms with Crippen LogP contribution in [0.1, 0.15) is 50.5 Å². The molecule has 1 saturated carbocycles. The molecule has 1 aliphatic rings. The molecule has 0 saturated heterocycles. The zero-order valence-electron chi connectivity index (χ0n) is 9.99. The van der Waals surface area contributed by atoms with Gasteiger partial charge >= 0.3 is 0 Å². The van der Waals surface area contributed by atoms with Crippen molar-refractivity contribution in [3.8, 4) is 0 Å². The number of carbonyl (C=O) groups excluding carboxylic acids is 1. The van der Waals surface area contributed by atoms with E-state index >= 15 is 0 Å². The van der Waals surface area contributed by atoms with Gasteiger partial charge in [-0.15, -0.1) is 0 Å². The molecule has 0 aromatic heterocycles. The van der Waals surface area contributed by atoms with E-state index in [4.69, 9.17) is 0 Å². The third-order valence-corrected chi connectivity index (χ3v) is 3.77. The summed E-state index contributed by atoms with van der Waals surface area (Å²) in [6.45, 7) is 1.76. The Kier molecular flexibility index (Phi) is 3.76. The van der Waals surface area contributed by atoms with Gasteiger partial charge in [0.1, 0.15) is 5.78 Å². The molecule has 2 rings (SSSR count). The molecule has 2 atom stereocenters. The summed E-state index contributed by atoms with van der Waals surface area (Å²) in [5, 5.41) is 0. The largest absolute Gasteiger partial charge is 0.300 e. The second-order valence-electron chi connectivity index (χ2n) is 4.87. The first-order valence-electron chi connectivity index (χ1n) is 6.34. The summed E-state index contributed by atoms with van der Waals surface area (Å²) >= 11 is 0. The van der Waals surface area contributed by atoms with Crippen LogP contribution < -0.4 is 0 Å². The van der Waals surface area contributed by atoms with Gasteiger partial charge in [0.15, 0.2) is 0 Å². The Bertz CT molecular complexity index is 342. The highest BCUT2D eigenvalue weighted by atomic mass is 16.1. The summed E-state index contributed by atoms with van der Waals surface area (Å²) in [5.74, 6) is 1.09. The van der Waals surface area contributed by atoms with Gasteiger partial charge in [-0.05, 0) is 31.2 Å². The zero-order chi connectivity index (χ0) is 11.4. The van der Waals surface area contributed by atoms with Crippen molar-refractivity contribution in [1.82, 2.24) is 0 Å². The van der Waals surface area contributed by atoms with E-state index in [0.29, 0.717) is 11.7 Å². The monoisotopic (exact) mass is 216 g/mol. The number of ketones is 1. The van der Waals surface area contributed by atoms with Crippen LogP contribution in [0, 0.1) is 5.92 Å². The number of benzene rings is 1. The molecule has 0 N–H and O–H groups in total. The number of hydrogen-bond acceptors (Lipinski definition) is 1. The molecule has 0 heterocycles. The number of rotatable bonds is 2. The van der Waals surface area contributed by atoms with E-state index in [2.05, 4.69) is 24.3 Å². The van der Waals surface area contributed by atoms with E-state index in [0.717, 1.165) is 6.42 Å². The molecule has 1 heteroatoms. The lowest BCUT2D eigenvalue weighted by Gasteiger charge is -2.23. The molecule has 0 bridgehead atoms. The zero-order valence-corrected chi connectivity index (χ0v) is 9.99. The summed E-state index contributed by atoms with van der Waals surface area (Å²) in [6.07, 6.45) is 6.02. The molecular weight excluding hydrogens is 196 g/mol. The normalized spacial score (nSPS) is 26.1. The summed E-state index contributed by atoms with van der Waals surface area (Å²) < 4.78 is 0. The smallest absolute Gasteiger partial charge is 0.133 e. The fourth-order valence-corrected chi connectivity index (χ4v) is 2.89. The highest BCUT2D eigenvalue weighted by Crippen LogP contribution is 2.36. The average Bonchev–Trinajstić information content (AvgIpc) is 2.55. The maximum atomic E-state index is 11.7. The first-order valence-corrected chi connectivity index (χ1v) is 6.34. The van der Waals surface area contributed by atoms with Crippen LogP contribution in [0.5, 0.6) is 0 Å². The van der Waals surface area contributed by atoms with E-state index in [9.17, 15) is 4.79 Å². The lowest BCUT2D eigenvalue weighted by Crippen LogP contribution is -2.19. The predicted octanol–water partition coefficient (Wildman–Crippen LogP) is 3.94. The fraction of sp³-hybridized carbons (Fsp3) is 0.533. The molecule has 0 radical (unpaired) electrons. The Balaban J connectivity index is 2.24. The lowest BCUT2D eigenvalue weighted by atomic mass is 9.80. The second kappa shape index (κ2) is 5.29. The van der Waals surface area contributed by atoms with Crippen molar-refractivity contribution in [3.63, 3.8) is 0 Å². The number of Topliss-reactive ketones (excluding diaryl/α,β-unsaturated/α-hetero) is 1. The van der Waals surface area contributed by atoms with Crippen molar-refractivity contribution >= 4 is 5.78 Å². The third-order valence-electron chi connectivity index (χ3n) is 3.77. The Morgan fingerprint density at radius 2 is 1.75 bits per heavy atom. The quantitative estimate of drug-likeness (QED) is 0.684. The number of hydrogen-bond donors (Lipinski definition) is 0. The van der Waals surface area contributed by atoms with Gasteiger partial charge in [-0.1, -0.05) is 49.6 Å². The molecule has 1 nitrogen and oxygen atoms in total. The van der Waals surface area contributed by atoms with Gasteiger partial charge in [-0.25, -0.2) is 0 Å². The van der Waals surface area contributed by atoms with Crippen molar-refractivity contribution < 1.29 is 4.79 Å². The first kappa shape index (κ1) is 11.4. The summed E-state index contributed by atoms with van der Waals surface area (Å²) in [5.41, 5.74) is 1.35. The van der Waals surface area contributed by atoms with Crippen LogP contribution in [-0.2, 0) is 4.79 Å². The minimum absolute atomic E-state index is 0.255. The molecular formula is C15H20O. The Labute approximate surface area is 97.9 Å². The SMILES string of the molecule is CC(=O)C1CCCCCC1c1ccccc1. The minimum Gasteiger partial charge on any atom is -0.300 e. The molecule has 16 heavy (non-hydrogen) atoms. The van der Waals surface area contributed by atoms with Crippen LogP contribution in [0.4, 0.5) is 0 Å². The van der Waals surface area contributed by atoms with Gasteiger partial charge in [0.05, 0.1) is 0 Å². The maximum Gasteiger partial charge on any atom is 0.133 e. The molecule has 1 aromatic rings. The summed E-state index contributed by atoms with van der Waals surface area (Å²) in [4.78, 5) is 11.7. The van der Waals surface area contributed by atoms with E-state index in [1.54, 1.807) is 6.92 Å². The molecule has 0 amide bonds. The van der Waals surface area contributed by atoms with Crippen LogP contribution in [0.25, 0.3) is 0 Å². The van der Waals surface area contributed by atoms with Crippen molar-refractivity contribution in [2.75, 3.05) is 0 Å². The van der Waals surface area contributed by atoms with Gasteiger partial charge in [0, 0.05) is 5.92 Å². The van der Waals surface area contributed by atoms with Crippen molar-refractivity contribution in [3.05, 3.63) is 35.9 Å². The Morgan fingerprint density at radius 1 is 1.06 bits per heavy atom. The third kappa shape index (κ3) is 2.52. The van der Waals surface area contributed by atoms with Gasteiger partial charge in [-0.3, -0.25) is 4.79 Å². The molecule has 1 aromatic carbocycles. The van der Waals surface area contributed by atoms with Gasteiger partial charge in [0.25, 0.3) is 0 Å². The van der Waals surface area contributed by atoms with Crippen LogP contribution in [0.15, 0.2) is 30.3 Å². The second-order valence-corrected chi connectivity index (χ2v) is 4.87. The molecule has 1 fully saturated rings. The maximum absolute atomic E-state index is 11.7. The van der Waals surface area contributed by atoms with Gasteiger partial charge in [0.2, 0.25) is 0 Å². The molecule has 0 aliphatic heterocycles. The van der Waals surface area contributed by atoms with E-state index in [1.165, 1.54) is 31.2 Å². The molecule has 2 unspecified atom stereocenters. The standard InChI is InChI=1S/C15H20O/c1-12(16)14-10-6-3-7-11-15(14)13-8-4-2-5-9-13/h2,4-5,8-9,14-15H,3,6-7,10-11H2,1H3. The highest BCUT2D eigenvalue weighted by Gasteiger charge is 2.27. The predicted molar refractivity (Wildman–Crippen MR) is 66.4 cm³/mol. The molecule has 0 spiro atoms. The van der Waals surface area contributed by atoms with E-state index < -0.39 is 0 Å².